The van der Waals surface area contributed by atoms with Crippen molar-refractivity contribution in [1.82, 2.24) is 5.32 Å². The van der Waals surface area contributed by atoms with Crippen LogP contribution in [-0.4, -0.2) is 18.2 Å². The number of rotatable bonds is 5. The molecular weight excluding hydrogens is 252 g/mol. The zero-order valence-electron chi connectivity index (χ0n) is 11.0. The Hall–Kier alpha value is -2.62. The first-order chi connectivity index (χ1) is 9.69. The predicted octanol–water partition coefficient (Wildman–Crippen LogP) is 1.81. The average Bonchev–Trinajstić information content (AvgIpc) is 2.47. The molecular formula is C16H16N2O2. The largest absolute Gasteiger partial charge is 0.399 e. The monoisotopic (exact) mass is 268 g/mol. The van der Waals surface area contributed by atoms with E-state index in [4.69, 9.17) is 5.73 Å². The van der Waals surface area contributed by atoms with Gasteiger partial charge in [0, 0.05) is 11.3 Å². The van der Waals surface area contributed by atoms with Crippen molar-refractivity contribution in [2.45, 2.75) is 12.5 Å². The summed E-state index contributed by atoms with van der Waals surface area (Å²) in [6.45, 7) is 0. The maximum Gasteiger partial charge on any atom is 0.251 e. The normalized spacial score (nSPS) is 11.6. The summed E-state index contributed by atoms with van der Waals surface area (Å²) in [5.74, 6) is -0.301. The molecule has 0 heterocycles. The van der Waals surface area contributed by atoms with Crippen LogP contribution in [0.25, 0.3) is 0 Å². The topological polar surface area (TPSA) is 72.2 Å². The van der Waals surface area contributed by atoms with E-state index in [0.717, 1.165) is 11.8 Å². The Kier molecular flexibility index (Phi) is 4.50. The van der Waals surface area contributed by atoms with Gasteiger partial charge in [0.2, 0.25) is 0 Å². The van der Waals surface area contributed by atoms with Gasteiger partial charge in [-0.3, -0.25) is 4.79 Å². The van der Waals surface area contributed by atoms with E-state index in [1.165, 1.54) is 0 Å². The van der Waals surface area contributed by atoms with Gasteiger partial charge in [-0.2, -0.15) is 0 Å². The maximum absolute atomic E-state index is 12.0. The molecule has 102 valence electrons. The molecule has 1 atom stereocenters. The van der Waals surface area contributed by atoms with Crippen LogP contribution >= 0.6 is 0 Å². The van der Waals surface area contributed by atoms with Crippen LogP contribution in [0.4, 0.5) is 5.69 Å². The van der Waals surface area contributed by atoms with Crippen molar-refractivity contribution in [2.75, 3.05) is 5.73 Å². The zero-order valence-corrected chi connectivity index (χ0v) is 11.0. The van der Waals surface area contributed by atoms with Gasteiger partial charge in [-0.15, -0.1) is 0 Å². The van der Waals surface area contributed by atoms with Gasteiger partial charge in [-0.05, 0) is 30.2 Å². The van der Waals surface area contributed by atoms with Gasteiger partial charge in [0.15, 0.2) is 0 Å². The SMILES string of the molecule is Nc1cccc(C(=O)NC(C=O)Cc2ccccc2)c1. The van der Waals surface area contributed by atoms with Gasteiger partial charge in [-0.25, -0.2) is 0 Å². The van der Waals surface area contributed by atoms with Gasteiger partial charge in [0.25, 0.3) is 5.91 Å². The Bertz CT molecular complexity index is 596. The highest BCUT2D eigenvalue weighted by atomic mass is 16.2. The van der Waals surface area contributed by atoms with Crippen molar-refractivity contribution in [3.05, 3.63) is 65.7 Å². The second-order valence-electron chi connectivity index (χ2n) is 4.53. The molecule has 20 heavy (non-hydrogen) atoms. The lowest BCUT2D eigenvalue weighted by Crippen LogP contribution is -2.37. The van der Waals surface area contributed by atoms with E-state index >= 15 is 0 Å². The summed E-state index contributed by atoms with van der Waals surface area (Å²) in [4.78, 5) is 23.1. The van der Waals surface area contributed by atoms with Crippen LogP contribution in [0.15, 0.2) is 54.6 Å². The van der Waals surface area contributed by atoms with E-state index in [0.29, 0.717) is 17.7 Å². The predicted molar refractivity (Wildman–Crippen MR) is 78.3 cm³/mol. The minimum atomic E-state index is -0.550. The first-order valence-corrected chi connectivity index (χ1v) is 6.34. The highest BCUT2D eigenvalue weighted by Gasteiger charge is 2.13. The standard InChI is InChI=1S/C16H16N2O2/c17-14-8-4-7-13(10-14)16(20)18-15(11-19)9-12-5-2-1-3-6-12/h1-8,10-11,15H,9,17H2,(H,18,20). The first kappa shape index (κ1) is 13.8. The first-order valence-electron chi connectivity index (χ1n) is 6.34. The Morgan fingerprint density at radius 1 is 1.15 bits per heavy atom. The molecule has 0 spiro atoms. The van der Waals surface area contributed by atoms with E-state index in [9.17, 15) is 9.59 Å². The third-order valence-electron chi connectivity index (χ3n) is 2.93. The van der Waals surface area contributed by atoms with Gasteiger partial charge in [0.05, 0.1) is 6.04 Å². The third kappa shape index (κ3) is 3.68. The van der Waals surface area contributed by atoms with Gasteiger partial charge < -0.3 is 15.8 Å². The number of carbonyl (C=O) groups is 2. The number of nitrogens with one attached hydrogen (secondary N) is 1. The van der Waals surface area contributed by atoms with Crippen LogP contribution < -0.4 is 11.1 Å². The summed E-state index contributed by atoms with van der Waals surface area (Å²) in [6.07, 6.45) is 1.22. The molecule has 0 radical (unpaired) electrons. The number of aldehydes is 1. The molecule has 2 rings (SSSR count). The molecule has 2 aromatic carbocycles. The smallest absolute Gasteiger partial charge is 0.251 e. The molecule has 0 aliphatic rings. The Morgan fingerprint density at radius 3 is 2.55 bits per heavy atom. The van der Waals surface area contributed by atoms with Crippen molar-refractivity contribution in [3.8, 4) is 0 Å². The highest BCUT2D eigenvalue weighted by molar-refractivity contribution is 5.96. The quantitative estimate of drug-likeness (QED) is 0.641. The number of benzene rings is 2. The minimum Gasteiger partial charge on any atom is -0.399 e. The second-order valence-corrected chi connectivity index (χ2v) is 4.53. The number of hydrogen-bond acceptors (Lipinski definition) is 3. The van der Waals surface area contributed by atoms with Crippen molar-refractivity contribution < 1.29 is 9.59 Å². The van der Waals surface area contributed by atoms with Gasteiger partial charge in [0.1, 0.15) is 6.29 Å². The number of carbonyl (C=O) groups excluding carboxylic acids is 2. The van der Waals surface area contributed by atoms with Gasteiger partial charge >= 0.3 is 0 Å². The molecule has 0 bridgehead atoms. The Morgan fingerprint density at radius 2 is 1.90 bits per heavy atom. The molecule has 1 unspecified atom stereocenters. The summed E-state index contributed by atoms with van der Waals surface area (Å²) in [6, 6.07) is 15.7. The van der Waals surface area contributed by atoms with Crippen LogP contribution in [0.1, 0.15) is 15.9 Å². The molecule has 0 saturated heterocycles. The molecule has 0 aliphatic carbocycles. The molecule has 2 aromatic rings. The Labute approximate surface area is 117 Å². The molecule has 4 heteroatoms. The molecule has 0 fully saturated rings. The number of anilines is 1. The fourth-order valence-electron chi connectivity index (χ4n) is 1.93. The van der Waals surface area contributed by atoms with E-state index in [1.807, 2.05) is 30.3 Å². The van der Waals surface area contributed by atoms with Crippen molar-refractivity contribution in [2.24, 2.45) is 0 Å². The summed E-state index contributed by atoms with van der Waals surface area (Å²) in [5.41, 5.74) is 7.60. The summed E-state index contributed by atoms with van der Waals surface area (Å²) >= 11 is 0. The van der Waals surface area contributed by atoms with Crippen LogP contribution in [0, 0.1) is 0 Å². The van der Waals surface area contributed by atoms with E-state index < -0.39 is 6.04 Å². The molecule has 0 saturated carbocycles. The third-order valence-corrected chi connectivity index (χ3v) is 2.93. The number of nitrogen functional groups attached to an aromatic ring is 1. The lowest BCUT2D eigenvalue weighted by molar-refractivity contribution is -0.109. The molecule has 0 aliphatic heterocycles. The number of hydrogen-bond donors (Lipinski definition) is 2. The van der Waals surface area contributed by atoms with E-state index in [2.05, 4.69) is 5.32 Å². The molecule has 3 N–H and O–H groups in total. The fraction of sp³-hybridized carbons (Fsp3) is 0.125. The summed E-state index contributed by atoms with van der Waals surface area (Å²) in [7, 11) is 0. The summed E-state index contributed by atoms with van der Waals surface area (Å²) in [5, 5.41) is 2.70. The number of amides is 1. The van der Waals surface area contributed by atoms with Crippen LogP contribution in [0.2, 0.25) is 0 Å². The Balaban J connectivity index is 2.03. The molecule has 1 amide bonds. The summed E-state index contributed by atoms with van der Waals surface area (Å²) < 4.78 is 0. The van der Waals surface area contributed by atoms with Gasteiger partial charge in [-0.1, -0.05) is 36.4 Å². The van der Waals surface area contributed by atoms with Crippen molar-refractivity contribution in [3.63, 3.8) is 0 Å². The molecule has 4 nitrogen and oxygen atoms in total. The van der Waals surface area contributed by atoms with E-state index in [1.54, 1.807) is 24.3 Å². The lowest BCUT2D eigenvalue weighted by Gasteiger charge is -2.13. The second kappa shape index (κ2) is 6.52. The highest BCUT2D eigenvalue weighted by Crippen LogP contribution is 2.07. The van der Waals surface area contributed by atoms with Crippen LogP contribution in [0.3, 0.4) is 0 Å². The lowest BCUT2D eigenvalue weighted by atomic mass is 10.1. The molecule has 0 aromatic heterocycles. The average molecular weight is 268 g/mol. The van der Waals surface area contributed by atoms with Crippen molar-refractivity contribution >= 4 is 17.9 Å². The van der Waals surface area contributed by atoms with Crippen LogP contribution in [0.5, 0.6) is 0 Å². The van der Waals surface area contributed by atoms with E-state index in [-0.39, 0.29) is 5.91 Å². The minimum absolute atomic E-state index is 0.301. The number of nitrogens with two attached hydrogens (primary N) is 1. The zero-order chi connectivity index (χ0) is 14.4. The van der Waals surface area contributed by atoms with Crippen molar-refractivity contribution in [1.29, 1.82) is 0 Å². The van der Waals surface area contributed by atoms with Crippen LogP contribution in [-0.2, 0) is 11.2 Å². The fourth-order valence-corrected chi connectivity index (χ4v) is 1.93. The maximum atomic E-state index is 12.0.